The second-order valence-corrected chi connectivity index (χ2v) is 23.5. The van der Waals surface area contributed by atoms with Gasteiger partial charge in [0.2, 0.25) is 0 Å². The molecule has 0 unspecified atom stereocenters. The van der Waals surface area contributed by atoms with Crippen molar-refractivity contribution in [1.29, 1.82) is 0 Å². The fraction of sp³-hybridized carbons (Fsp3) is 0.742. The summed E-state index contributed by atoms with van der Waals surface area (Å²) in [5, 5.41) is 11.8. The highest BCUT2D eigenvalue weighted by atomic mass is 16.8. The Morgan fingerprint density at radius 1 is 0.202 bits per heavy atom. The average molecular weight is 1500 g/mol. The molecule has 1 N–H and O–H groups in total. The van der Waals surface area contributed by atoms with Crippen molar-refractivity contribution in [3.05, 3.63) is 0 Å². The first-order valence-corrected chi connectivity index (χ1v) is 31.8. The third-order valence-corrected chi connectivity index (χ3v) is 14.7. The van der Waals surface area contributed by atoms with Gasteiger partial charge in [0.15, 0.2) is 105 Å². The molecular formula is C62H84O42. The molecule has 5 fully saturated rings. The lowest BCUT2D eigenvalue weighted by atomic mass is 9.94. The Morgan fingerprint density at radius 3 is 0.558 bits per heavy atom. The molecular weight excluding hydrogens is 1420 g/mol. The van der Waals surface area contributed by atoms with Crippen LogP contribution in [0.5, 0.6) is 0 Å². The third-order valence-electron chi connectivity index (χ3n) is 14.7. The number of ether oxygens (including phenoxy) is 25. The zero-order chi connectivity index (χ0) is 77.9. The third kappa shape index (κ3) is 25.5. The van der Waals surface area contributed by atoms with Crippen molar-refractivity contribution in [2.24, 2.45) is 0 Å². The molecule has 584 valence electrons. The number of aliphatic hydroxyl groups excluding tert-OH is 1. The van der Waals surface area contributed by atoms with Crippen molar-refractivity contribution < 1.29 is 200 Å². The van der Waals surface area contributed by atoms with Crippen molar-refractivity contribution in [1.82, 2.24) is 0 Å². The van der Waals surface area contributed by atoms with Crippen molar-refractivity contribution in [3.63, 3.8) is 0 Å². The van der Waals surface area contributed by atoms with Gasteiger partial charge in [-0.05, 0) is 0 Å². The Morgan fingerprint density at radius 2 is 0.356 bits per heavy atom. The van der Waals surface area contributed by atoms with E-state index in [1.54, 1.807) is 0 Å². The van der Waals surface area contributed by atoms with Crippen LogP contribution < -0.4 is 0 Å². The lowest BCUT2D eigenvalue weighted by molar-refractivity contribution is -0.396. The quantitative estimate of drug-likeness (QED) is 0.0584. The maximum atomic E-state index is 13.8. The van der Waals surface area contributed by atoms with Crippen LogP contribution in [0.3, 0.4) is 0 Å². The summed E-state index contributed by atoms with van der Waals surface area (Å²) in [6, 6.07) is 0. The molecule has 5 saturated heterocycles. The largest absolute Gasteiger partial charge is 0.463 e. The first-order valence-electron chi connectivity index (χ1n) is 31.8. The normalized spacial score (nSPS) is 33.0. The number of hydrogen-bond donors (Lipinski definition) is 1. The molecule has 5 aliphatic rings. The molecule has 0 aromatic carbocycles. The van der Waals surface area contributed by atoms with Crippen LogP contribution in [-0.4, -0.2) is 287 Å². The van der Waals surface area contributed by atoms with Gasteiger partial charge < -0.3 is 124 Å². The summed E-state index contributed by atoms with van der Waals surface area (Å²) in [5.74, 6) is -17.7. The van der Waals surface area contributed by atoms with E-state index in [1.807, 2.05) is 0 Å². The predicted octanol–water partition coefficient (Wildman–Crippen LogP) is -2.79. The van der Waals surface area contributed by atoms with Crippen molar-refractivity contribution in [2.45, 2.75) is 264 Å². The molecule has 42 nitrogen and oxygen atoms in total. The van der Waals surface area contributed by atoms with E-state index < -0.39 is 282 Å². The van der Waals surface area contributed by atoms with Gasteiger partial charge in [0, 0.05) is 111 Å². The Hall–Kier alpha value is -8.88. The zero-order valence-corrected chi connectivity index (χ0v) is 59.2. The SMILES string of the molecule is CC(=O)OC[C@H]1O[C@H](O[C@@H]2[C@H](OC(C)=O)[C@@H](O[C@@H]3[C@H](OC(C)=O)[C@@H](O[C@@H]4[C@H](OC(C)=O)[C@@H](O[C@H]5[C@@H](OC(C)=O)[C@H](OC(C)=O)[C@@H](COC(C)=O)O[C@@H]5O)O[C@H](COC(C)=O)[C@H]4OC(C)=O)O[C@H](COC(C)=O)[C@H]3OC(C)=O)O[C@H](COC(C)=O)[C@H]2OC(C)=O)[C@@H](OC(C)=O)[C@@H](OC(C)=O)[C@@H]1OC(C)=O. The Bertz CT molecular complexity index is 3110. The first kappa shape index (κ1) is 85.8. The van der Waals surface area contributed by atoms with Gasteiger partial charge >= 0.3 is 95.5 Å². The van der Waals surface area contributed by atoms with Crippen LogP contribution in [0.25, 0.3) is 0 Å². The van der Waals surface area contributed by atoms with Crippen molar-refractivity contribution in [3.8, 4) is 0 Å². The molecule has 0 amide bonds. The topological polar surface area (TPSA) is 524 Å². The molecule has 0 aromatic heterocycles. The predicted molar refractivity (Wildman–Crippen MR) is 319 cm³/mol. The monoisotopic (exact) mass is 1500 g/mol. The number of carbonyl (C=O) groups excluding carboxylic acids is 16. The smallest absolute Gasteiger partial charge is 0.303 e. The number of hydrogen-bond acceptors (Lipinski definition) is 42. The Labute approximate surface area is 591 Å². The van der Waals surface area contributed by atoms with Gasteiger partial charge in [-0.1, -0.05) is 0 Å². The second kappa shape index (κ2) is 39.3. The minimum Gasteiger partial charge on any atom is -0.463 e. The van der Waals surface area contributed by atoms with Crippen LogP contribution in [0.2, 0.25) is 0 Å². The molecule has 42 heteroatoms. The van der Waals surface area contributed by atoms with E-state index >= 15 is 0 Å². The molecule has 0 saturated carbocycles. The summed E-state index contributed by atoms with van der Waals surface area (Å²) in [7, 11) is 0. The summed E-state index contributed by atoms with van der Waals surface area (Å²) < 4.78 is 146. The van der Waals surface area contributed by atoms with E-state index in [2.05, 4.69) is 0 Å². The summed E-state index contributed by atoms with van der Waals surface area (Å²) in [6.07, 6.45) is -53.0. The number of esters is 16. The first-order chi connectivity index (χ1) is 48.6. The van der Waals surface area contributed by atoms with Gasteiger partial charge in [-0.3, -0.25) is 76.7 Å². The Balaban J connectivity index is 1.84. The summed E-state index contributed by atoms with van der Waals surface area (Å²) in [6.45, 7) is 9.85. The van der Waals surface area contributed by atoms with Crippen LogP contribution in [0.15, 0.2) is 0 Å². The highest BCUT2D eigenvalue weighted by Gasteiger charge is 2.63. The van der Waals surface area contributed by atoms with Crippen LogP contribution in [0.1, 0.15) is 111 Å². The highest BCUT2D eigenvalue weighted by Crippen LogP contribution is 2.42. The lowest BCUT2D eigenvalue weighted by Gasteiger charge is -2.51. The van der Waals surface area contributed by atoms with E-state index in [0.29, 0.717) is 0 Å². The van der Waals surface area contributed by atoms with Crippen LogP contribution in [0, 0.1) is 0 Å². The van der Waals surface area contributed by atoms with Gasteiger partial charge in [-0.25, -0.2) is 0 Å². The van der Waals surface area contributed by atoms with E-state index in [-0.39, 0.29) is 0 Å². The average Bonchev–Trinajstić information content (AvgIpc) is 0.769. The minimum absolute atomic E-state index is 0.745. The van der Waals surface area contributed by atoms with E-state index in [4.69, 9.17) is 118 Å². The molecule has 25 atom stereocenters. The lowest BCUT2D eigenvalue weighted by Crippen LogP contribution is -2.70. The van der Waals surface area contributed by atoms with Gasteiger partial charge in [-0.15, -0.1) is 0 Å². The molecule has 5 aliphatic heterocycles. The van der Waals surface area contributed by atoms with E-state index in [0.717, 1.165) is 111 Å². The molecule has 0 aliphatic carbocycles. The van der Waals surface area contributed by atoms with Crippen molar-refractivity contribution >= 4 is 95.5 Å². The maximum Gasteiger partial charge on any atom is 0.303 e. The van der Waals surface area contributed by atoms with Gasteiger partial charge in [0.1, 0.15) is 81.9 Å². The number of rotatable bonds is 29. The zero-order valence-electron chi connectivity index (χ0n) is 59.2. The van der Waals surface area contributed by atoms with Crippen LogP contribution in [-0.2, 0) is 195 Å². The molecule has 0 bridgehead atoms. The van der Waals surface area contributed by atoms with Crippen LogP contribution >= 0.6 is 0 Å². The van der Waals surface area contributed by atoms with E-state index in [1.165, 1.54) is 0 Å². The number of aliphatic hydroxyl groups is 1. The maximum absolute atomic E-state index is 13.8. The molecule has 0 aromatic rings. The summed E-state index contributed by atoms with van der Waals surface area (Å²) in [5.41, 5.74) is 0. The summed E-state index contributed by atoms with van der Waals surface area (Å²) >= 11 is 0. The minimum atomic E-state index is -2.45. The highest BCUT2D eigenvalue weighted by molar-refractivity contribution is 5.72. The standard InChI is InChI=1S/C62H84O42/c1-22(63)80-17-38-43(85-27(6)68)48(90-32(11)73)53(58(79)96-38)104-62-57(95-37(16)78)52(47(89-31(10)72)42(100-62)21-84-26(5)67)103-61-56(94-36(15)77)51(46(88-30(9)71)41(99-61)20-83-25(4)66)102-60-55(93-35(14)76)50(45(87-29(8)70)40(98-60)19-82-24(3)65)101-59-54(92-34(13)75)49(91-33(12)74)44(86-28(7)69)39(97-59)18-81-23(2)64/h38-62,79H,17-21H2,1-16H3/t38-,39-,40-,41-,42-,43-,44-,45-,46-,47-,48+,49+,50+,51+,52+,53+,54+,55+,56+,57+,58+,59-,60-,61-,62-/m1/s1. The fourth-order valence-electron chi connectivity index (χ4n) is 11.3. The molecule has 0 radical (unpaired) electrons. The van der Waals surface area contributed by atoms with Gasteiger partial charge in [0.25, 0.3) is 0 Å². The molecule has 5 rings (SSSR count). The molecule has 0 spiro atoms. The molecule has 5 heterocycles. The van der Waals surface area contributed by atoms with E-state index in [9.17, 15) is 81.8 Å². The van der Waals surface area contributed by atoms with Crippen LogP contribution in [0.4, 0.5) is 0 Å². The summed E-state index contributed by atoms with van der Waals surface area (Å²) in [4.78, 5) is 208. The van der Waals surface area contributed by atoms with Crippen molar-refractivity contribution in [2.75, 3.05) is 33.0 Å². The fourth-order valence-corrected chi connectivity index (χ4v) is 11.3. The molecule has 104 heavy (non-hydrogen) atoms. The second-order valence-electron chi connectivity index (χ2n) is 23.5. The van der Waals surface area contributed by atoms with Gasteiger partial charge in [0.05, 0.1) is 0 Å². The Kier molecular flexibility index (Phi) is 32.4. The number of carbonyl (C=O) groups is 16. The van der Waals surface area contributed by atoms with Gasteiger partial charge in [-0.2, -0.15) is 0 Å².